The number of hydrogen-bond donors (Lipinski definition) is 1. The molecule has 4 atom stereocenters. The second kappa shape index (κ2) is 10.5. The van der Waals surface area contributed by atoms with Gasteiger partial charge in [-0.2, -0.15) is 0 Å². The van der Waals surface area contributed by atoms with Gasteiger partial charge in [-0.25, -0.2) is 4.39 Å². The van der Waals surface area contributed by atoms with E-state index in [9.17, 15) is 4.79 Å². The van der Waals surface area contributed by atoms with Crippen molar-refractivity contribution < 1.29 is 18.7 Å². The number of nitrogens with zero attached hydrogens (tertiary/aromatic N) is 3. The molecule has 1 aromatic heterocycles. The first-order chi connectivity index (χ1) is 19.1. The van der Waals surface area contributed by atoms with Crippen LogP contribution in [0.5, 0.6) is 5.75 Å². The summed E-state index contributed by atoms with van der Waals surface area (Å²) in [5.74, 6) is 1.12. The van der Waals surface area contributed by atoms with Crippen LogP contribution in [-0.2, 0) is 17.8 Å². The molecular weight excluding hydrogens is 495 g/mol. The normalized spacial score (nSPS) is 27.4. The summed E-state index contributed by atoms with van der Waals surface area (Å²) in [6.45, 7) is 5.54. The summed E-state index contributed by atoms with van der Waals surface area (Å²) < 4.78 is 26.7. The number of hydrogen-bond acceptors (Lipinski definition) is 6. The number of aromatic nitrogens is 1. The van der Waals surface area contributed by atoms with Crippen LogP contribution in [0.1, 0.15) is 52.4 Å². The molecule has 4 aliphatic rings. The lowest BCUT2D eigenvalue weighted by atomic mass is 10.0. The Balaban J connectivity index is 0.987. The summed E-state index contributed by atoms with van der Waals surface area (Å²) in [5.41, 5.74) is 4.95. The molecule has 7 rings (SSSR count). The molecule has 8 heteroatoms. The Kier molecular flexibility index (Phi) is 6.70. The minimum atomic E-state index is -1.07. The fraction of sp³-hybridized carbons (Fsp3) is 0.484. The molecule has 1 unspecified atom stereocenters. The van der Waals surface area contributed by atoms with E-state index < -0.39 is 12.3 Å². The van der Waals surface area contributed by atoms with E-state index in [0.717, 1.165) is 78.9 Å². The van der Waals surface area contributed by atoms with Gasteiger partial charge in [0.25, 0.3) is 5.91 Å². The number of rotatable bonds is 6. The smallest absolute Gasteiger partial charge is 0.254 e. The molecule has 3 saturated heterocycles. The van der Waals surface area contributed by atoms with E-state index in [1.54, 1.807) is 0 Å². The maximum Gasteiger partial charge on any atom is 0.254 e. The van der Waals surface area contributed by atoms with E-state index in [1.807, 2.05) is 23.1 Å². The van der Waals surface area contributed by atoms with Crippen LogP contribution in [-0.4, -0.2) is 78.4 Å². The Bertz CT molecular complexity index is 1370. The van der Waals surface area contributed by atoms with Crippen LogP contribution in [0.25, 0.3) is 10.9 Å². The van der Waals surface area contributed by atoms with Crippen molar-refractivity contribution in [1.82, 2.24) is 20.1 Å². The number of ether oxygens (including phenoxy) is 2. The molecule has 3 fully saturated rings. The van der Waals surface area contributed by atoms with Crippen molar-refractivity contribution in [2.24, 2.45) is 0 Å². The number of halogens is 1. The molecule has 0 spiro atoms. The Morgan fingerprint density at radius 1 is 1.10 bits per heavy atom. The van der Waals surface area contributed by atoms with Crippen molar-refractivity contribution in [1.29, 1.82) is 0 Å². The van der Waals surface area contributed by atoms with Crippen LogP contribution in [0.2, 0.25) is 0 Å². The van der Waals surface area contributed by atoms with Crippen molar-refractivity contribution >= 4 is 16.8 Å². The van der Waals surface area contributed by atoms with Crippen LogP contribution in [0.4, 0.5) is 4.39 Å². The van der Waals surface area contributed by atoms with Gasteiger partial charge < -0.3 is 19.7 Å². The van der Waals surface area contributed by atoms with Crippen LogP contribution in [0.15, 0.2) is 48.5 Å². The van der Waals surface area contributed by atoms with Crippen LogP contribution < -0.4 is 10.1 Å². The molecule has 7 nitrogen and oxygen atoms in total. The van der Waals surface area contributed by atoms with Gasteiger partial charge in [0, 0.05) is 67.9 Å². The first-order valence-corrected chi connectivity index (χ1v) is 14.3. The predicted molar refractivity (Wildman–Crippen MR) is 147 cm³/mol. The van der Waals surface area contributed by atoms with Crippen molar-refractivity contribution in [3.63, 3.8) is 0 Å². The number of carbonyl (C=O) groups excluding carboxylic acids is 1. The number of likely N-dealkylation sites (tertiary alicyclic amines) is 1. The highest BCUT2D eigenvalue weighted by Gasteiger charge is 2.36. The Morgan fingerprint density at radius 3 is 2.90 bits per heavy atom. The molecule has 204 valence electrons. The molecular formula is C31H35FN4O3. The first kappa shape index (κ1) is 24.9. The number of amides is 1. The summed E-state index contributed by atoms with van der Waals surface area (Å²) >= 11 is 0. The summed E-state index contributed by atoms with van der Waals surface area (Å²) in [5, 5.41) is 4.50. The standard InChI is InChI=1S/C31H35FN4O3/c32-27-17-35(15-20-3-7-28-21(12-20)4-8-29(34-28)22-9-11-38-19-22)18-30(27)39-25-5-6-26-23(13-25)16-36(31(26)37)24-2-1-10-33-14-24/h3-8,12-13,22,24,27,30,33H,1-2,9-11,14-19H2/t22-,24?,27-,30-/m1/s1. The number of alkyl halides is 1. The number of nitrogens with one attached hydrogen (secondary N) is 1. The van der Waals surface area contributed by atoms with Gasteiger partial charge in [0.05, 0.1) is 12.1 Å². The molecule has 39 heavy (non-hydrogen) atoms. The van der Waals surface area contributed by atoms with E-state index in [4.69, 9.17) is 14.5 Å². The lowest BCUT2D eigenvalue weighted by Gasteiger charge is -2.31. The van der Waals surface area contributed by atoms with Gasteiger partial charge in [0.1, 0.15) is 11.9 Å². The predicted octanol–water partition coefficient (Wildman–Crippen LogP) is 4.05. The van der Waals surface area contributed by atoms with Gasteiger partial charge >= 0.3 is 0 Å². The highest BCUT2D eigenvalue weighted by molar-refractivity contribution is 5.98. The Hall–Kier alpha value is -3.07. The van der Waals surface area contributed by atoms with E-state index in [-0.39, 0.29) is 11.9 Å². The number of fused-ring (bicyclic) bond motifs is 2. The fourth-order valence-electron chi connectivity index (χ4n) is 6.55. The highest BCUT2D eigenvalue weighted by Crippen LogP contribution is 2.32. The molecule has 1 amide bonds. The molecule has 0 radical (unpaired) electrons. The lowest BCUT2D eigenvalue weighted by molar-refractivity contribution is 0.0674. The summed E-state index contributed by atoms with van der Waals surface area (Å²) in [6, 6.07) is 16.4. The van der Waals surface area contributed by atoms with Crippen molar-refractivity contribution in [2.75, 3.05) is 39.4 Å². The fourth-order valence-corrected chi connectivity index (χ4v) is 6.55. The molecule has 2 aromatic carbocycles. The molecule has 5 heterocycles. The molecule has 0 aliphatic carbocycles. The summed E-state index contributed by atoms with van der Waals surface area (Å²) in [6.07, 6.45) is 1.55. The quantitative estimate of drug-likeness (QED) is 0.519. The third-order valence-corrected chi connectivity index (χ3v) is 8.71. The average Bonchev–Trinajstić information content (AvgIpc) is 3.69. The maximum atomic E-state index is 15.1. The topological polar surface area (TPSA) is 66.9 Å². The highest BCUT2D eigenvalue weighted by atomic mass is 19.1. The molecule has 0 saturated carbocycles. The summed E-state index contributed by atoms with van der Waals surface area (Å²) in [7, 11) is 0. The summed E-state index contributed by atoms with van der Waals surface area (Å²) in [4.78, 5) is 21.9. The number of carbonyl (C=O) groups is 1. The largest absolute Gasteiger partial charge is 0.486 e. The zero-order chi connectivity index (χ0) is 26.3. The van der Waals surface area contributed by atoms with Crippen LogP contribution in [0.3, 0.4) is 0 Å². The molecule has 1 N–H and O–H groups in total. The van der Waals surface area contributed by atoms with Gasteiger partial charge in [-0.05, 0) is 73.3 Å². The van der Waals surface area contributed by atoms with Gasteiger partial charge in [0.15, 0.2) is 6.17 Å². The maximum absolute atomic E-state index is 15.1. The zero-order valence-electron chi connectivity index (χ0n) is 22.2. The number of benzene rings is 2. The van der Waals surface area contributed by atoms with Gasteiger partial charge in [0.2, 0.25) is 0 Å². The minimum absolute atomic E-state index is 0.0926. The van der Waals surface area contributed by atoms with Crippen LogP contribution >= 0.6 is 0 Å². The van der Waals surface area contributed by atoms with Gasteiger partial charge in [-0.15, -0.1) is 0 Å². The van der Waals surface area contributed by atoms with E-state index in [1.165, 1.54) is 0 Å². The third kappa shape index (κ3) is 5.01. The Morgan fingerprint density at radius 2 is 2.05 bits per heavy atom. The van der Waals surface area contributed by atoms with E-state index in [2.05, 4.69) is 40.5 Å². The van der Waals surface area contributed by atoms with Crippen molar-refractivity contribution in [2.45, 2.75) is 56.6 Å². The van der Waals surface area contributed by atoms with Crippen LogP contribution in [0, 0.1) is 0 Å². The zero-order valence-corrected chi connectivity index (χ0v) is 22.2. The molecule has 0 bridgehead atoms. The second-order valence-corrected chi connectivity index (χ2v) is 11.4. The lowest BCUT2D eigenvalue weighted by Crippen LogP contribution is -2.46. The van der Waals surface area contributed by atoms with Gasteiger partial charge in [-0.3, -0.25) is 14.7 Å². The number of pyridine rings is 1. The Labute approximate surface area is 228 Å². The monoisotopic (exact) mass is 530 g/mol. The van der Waals surface area contributed by atoms with E-state index >= 15 is 4.39 Å². The molecule has 3 aromatic rings. The SMILES string of the molecule is O=C1c2ccc(O[C@@H]3CN(Cc4ccc5nc([C@@H]6CCOC6)ccc5c4)C[C@H]3F)cc2CN1C1CCCNC1. The minimum Gasteiger partial charge on any atom is -0.486 e. The molecule has 4 aliphatic heterocycles. The first-order valence-electron chi connectivity index (χ1n) is 14.3. The number of piperidine rings is 1. The second-order valence-electron chi connectivity index (χ2n) is 11.4. The van der Waals surface area contributed by atoms with Crippen molar-refractivity contribution in [3.8, 4) is 5.75 Å². The van der Waals surface area contributed by atoms with Crippen molar-refractivity contribution in [3.05, 3.63) is 70.9 Å². The van der Waals surface area contributed by atoms with E-state index in [0.29, 0.717) is 37.8 Å². The average molecular weight is 531 g/mol. The van der Waals surface area contributed by atoms with Gasteiger partial charge in [-0.1, -0.05) is 12.1 Å². The third-order valence-electron chi connectivity index (χ3n) is 8.71.